The van der Waals surface area contributed by atoms with Crippen LogP contribution in [0.25, 0.3) is 0 Å². The Morgan fingerprint density at radius 2 is 1.44 bits per heavy atom. The molecule has 0 bridgehead atoms. The quantitative estimate of drug-likeness (QED) is 0.608. The summed E-state index contributed by atoms with van der Waals surface area (Å²) in [5.41, 5.74) is 5.33. The SMILES string of the molecule is CCN(CC)c1ccc(NCC(C)c2ccc(CC(C)C)cc2)cc1. The van der Waals surface area contributed by atoms with Crippen LogP contribution >= 0.6 is 0 Å². The van der Waals surface area contributed by atoms with Crippen LogP contribution in [0.4, 0.5) is 11.4 Å². The van der Waals surface area contributed by atoms with Crippen molar-refractivity contribution in [3.8, 4) is 0 Å². The van der Waals surface area contributed by atoms with E-state index in [2.05, 4.69) is 93.4 Å². The van der Waals surface area contributed by atoms with Crippen molar-refractivity contribution in [2.45, 2.75) is 47.0 Å². The molecule has 0 radical (unpaired) electrons. The first-order chi connectivity index (χ1) is 12.0. The zero-order chi connectivity index (χ0) is 18.2. The van der Waals surface area contributed by atoms with Crippen molar-refractivity contribution < 1.29 is 0 Å². The molecule has 0 amide bonds. The van der Waals surface area contributed by atoms with E-state index in [1.165, 1.54) is 22.5 Å². The largest absolute Gasteiger partial charge is 0.384 e. The highest BCUT2D eigenvalue weighted by Crippen LogP contribution is 2.21. The number of hydrogen-bond acceptors (Lipinski definition) is 2. The lowest BCUT2D eigenvalue weighted by Gasteiger charge is -2.21. The maximum absolute atomic E-state index is 3.57. The fourth-order valence-corrected chi connectivity index (χ4v) is 3.22. The van der Waals surface area contributed by atoms with E-state index in [-0.39, 0.29) is 0 Å². The molecular weight excluding hydrogens is 304 g/mol. The van der Waals surface area contributed by atoms with Gasteiger partial charge in [0.25, 0.3) is 0 Å². The predicted octanol–water partition coefficient (Wildman–Crippen LogP) is 5.95. The van der Waals surface area contributed by atoms with Gasteiger partial charge >= 0.3 is 0 Å². The van der Waals surface area contributed by atoms with Gasteiger partial charge in [-0.2, -0.15) is 0 Å². The number of rotatable bonds is 9. The molecule has 2 aromatic carbocycles. The van der Waals surface area contributed by atoms with Gasteiger partial charge in [-0.05, 0) is 67.5 Å². The van der Waals surface area contributed by atoms with Crippen molar-refractivity contribution in [2.24, 2.45) is 5.92 Å². The van der Waals surface area contributed by atoms with Crippen molar-refractivity contribution in [2.75, 3.05) is 29.9 Å². The van der Waals surface area contributed by atoms with Crippen LogP contribution in [0.3, 0.4) is 0 Å². The minimum atomic E-state index is 0.496. The summed E-state index contributed by atoms with van der Waals surface area (Å²) in [7, 11) is 0. The van der Waals surface area contributed by atoms with Crippen LogP contribution in [-0.2, 0) is 6.42 Å². The molecule has 2 rings (SSSR count). The van der Waals surface area contributed by atoms with E-state index in [9.17, 15) is 0 Å². The third kappa shape index (κ3) is 5.81. The molecular formula is C23H34N2. The summed E-state index contributed by atoms with van der Waals surface area (Å²) in [6, 6.07) is 17.9. The number of hydrogen-bond donors (Lipinski definition) is 1. The predicted molar refractivity (Wildman–Crippen MR) is 112 cm³/mol. The van der Waals surface area contributed by atoms with Gasteiger partial charge in [-0.25, -0.2) is 0 Å². The van der Waals surface area contributed by atoms with E-state index >= 15 is 0 Å². The van der Waals surface area contributed by atoms with E-state index < -0.39 is 0 Å². The molecule has 0 saturated heterocycles. The summed E-state index contributed by atoms with van der Waals surface area (Å²) in [4.78, 5) is 2.37. The van der Waals surface area contributed by atoms with E-state index in [4.69, 9.17) is 0 Å². The number of nitrogens with zero attached hydrogens (tertiary/aromatic N) is 1. The lowest BCUT2D eigenvalue weighted by atomic mass is 9.96. The fourth-order valence-electron chi connectivity index (χ4n) is 3.22. The first-order valence-electron chi connectivity index (χ1n) is 9.71. The molecule has 2 aromatic rings. The molecule has 136 valence electrons. The molecule has 2 nitrogen and oxygen atoms in total. The first kappa shape index (κ1) is 19.4. The Labute approximate surface area is 154 Å². The van der Waals surface area contributed by atoms with Crippen molar-refractivity contribution in [1.82, 2.24) is 0 Å². The van der Waals surface area contributed by atoms with Gasteiger partial charge < -0.3 is 10.2 Å². The zero-order valence-corrected chi connectivity index (χ0v) is 16.5. The standard InChI is InChI=1S/C23H34N2/c1-6-25(7-2)23-14-12-22(13-15-23)24-17-19(5)21-10-8-20(9-11-21)16-18(3)4/h8-15,18-19,24H,6-7,16-17H2,1-5H3. The average Bonchev–Trinajstić information content (AvgIpc) is 2.62. The zero-order valence-electron chi connectivity index (χ0n) is 16.5. The molecule has 0 aliphatic carbocycles. The Balaban J connectivity index is 1.89. The lowest BCUT2D eigenvalue weighted by molar-refractivity contribution is 0.647. The molecule has 0 aliphatic heterocycles. The summed E-state index contributed by atoms with van der Waals surface area (Å²) in [5, 5.41) is 3.57. The van der Waals surface area contributed by atoms with Crippen LogP contribution < -0.4 is 10.2 Å². The molecule has 25 heavy (non-hydrogen) atoms. The lowest BCUT2D eigenvalue weighted by Crippen LogP contribution is -2.21. The minimum Gasteiger partial charge on any atom is -0.384 e. The monoisotopic (exact) mass is 338 g/mol. The maximum Gasteiger partial charge on any atom is 0.0367 e. The Bertz CT molecular complexity index is 610. The Kier molecular flexibility index (Phi) is 7.36. The summed E-state index contributed by atoms with van der Waals surface area (Å²) in [5.74, 6) is 1.21. The first-order valence-corrected chi connectivity index (χ1v) is 9.71. The Morgan fingerprint density at radius 3 is 1.96 bits per heavy atom. The van der Waals surface area contributed by atoms with Crippen LogP contribution in [0.5, 0.6) is 0 Å². The van der Waals surface area contributed by atoms with Crippen molar-refractivity contribution >= 4 is 11.4 Å². The molecule has 1 N–H and O–H groups in total. The van der Waals surface area contributed by atoms with Gasteiger partial charge in [-0.15, -0.1) is 0 Å². The third-order valence-corrected chi connectivity index (χ3v) is 4.80. The van der Waals surface area contributed by atoms with Crippen LogP contribution in [0.2, 0.25) is 0 Å². The van der Waals surface area contributed by atoms with E-state index in [0.717, 1.165) is 26.1 Å². The molecule has 0 fully saturated rings. The minimum absolute atomic E-state index is 0.496. The van der Waals surface area contributed by atoms with Crippen molar-refractivity contribution in [3.63, 3.8) is 0 Å². The molecule has 0 spiro atoms. The van der Waals surface area contributed by atoms with Crippen LogP contribution in [0.1, 0.15) is 51.7 Å². The summed E-state index contributed by atoms with van der Waals surface area (Å²) < 4.78 is 0. The van der Waals surface area contributed by atoms with Gasteiger partial charge in [0.05, 0.1) is 0 Å². The highest BCUT2D eigenvalue weighted by atomic mass is 15.1. The molecule has 1 atom stereocenters. The second kappa shape index (κ2) is 9.50. The average molecular weight is 339 g/mol. The molecule has 0 aliphatic rings. The second-order valence-corrected chi connectivity index (χ2v) is 7.34. The van der Waals surface area contributed by atoms with E-state index in [1.54, 1.807) is 0 Å². The number of benzene rings is 2. The van der Waals surface area contributed by atoms with E-state index in [0.29, 0.717) is 11.8 Å². The third-order valence-electron chi connectivity index (χ3n) is 4.80. The number of anilines is 2. The van der Waals surface area contributed by atoms with Gasteiger partial charge in [-0.1, -0.05) is 45.0 Å². The summed E-state index contributed by atoms with van der Waals surface area (Å²) in [6.07, 6.45) is 1.16. The van der Waals surface area contributed by atoms with Gasteiger partial charge in [0.15, 0.2) is 0 Å². The molecule has 0 saturated carbocycles. The molecule has 2 heteroatoms. The maximum atomic E-state index is 3.57. The van der Waals surface area contributed by atoms with Gasteiger partial charge in [0.2, 0.25) is 0 Å². The van der Waals surface area contributed by atoms with Gasteiger partial charge in [0.1, 0.15) is 0 Å². The molecule has 0 aromatic heterocycles. The van der Waals surface area contributed by atoms with Gasteiger partial charge in [0, 0.05) is 31.0 Å². The van der Waals surface area contributed by atoms with Crippen molar-refractivity contribution in [3.05, 3.63) is 59.7 Å². The highest BCUT2D eigenvalue weighted by molar-refractivity contribution is 5.55. The number of nitrogens with one attached hydrogen (secondary N) is 1. The van der Waals surface area contributed by atoms with Crippen LogP contribution in [-0.4, -0.2) is 19.6 Å². The van der Waals surface area contributed by atoms with E-state index in [1.807, 2.05) is 0 Å². The Morgan fingerprint density at radius 1 is 0.840 bits per heavy atom. The molecule has 1 unspecified atom stereocenters. The fraction of sp³-hybridized carbons (Fsp3) is 0.478. The highest BCUT2D eigenvalue weighted by Gasteiger charge is 2.07. The summed E-state index contributed by atoms with van der Waals surface area (Å²) in [6.45, 7) is 14.3. The topological polar surface area (TPSA) is 15.3 Å². The van der Waals surface area contributed by atoms with Crippen LogP contribution in [0.15, 0.2) is 48.5 Å². The Hall–Kier alpha value is -1.96. The van der Waals surface area contributed by atoms with Crippen LogP contribution in [0, 0.1) is 5.92 Å². The molecule has 0 heterocycles. The smallest absolute Gasteiger partial charge is 0.0367 e. The normalized spacial score (nSPS) is 12.2. The summed E-state index contributed by atoms with van der Waals surface area (Å²) >= 11 is 0. The van der Waals surface area contributed by atoms with Crippen molar-refractivity contribution in [1.29, 1.82) is 0 Å². The second-order valence-electron chi connectivity index (χ2n) is 7.34. The van der Waals surface area contributed by atoms with Gasteiger partial charge in [-0.3, -0.25) is 0 Å².